The van der Waals surface area contributed by atoms with E-state index in [0.717, 1.165) is 11.5 Å². The van der Waals surface area contributed by atoms with Crippen molar-refractivity contribution in [3.63, 3.8) is 0 Å². The fourth-order valence-electron chi connectivity index (χ4n) is 1.53. The Bertz CT molecular complexity index is 732. The molecule has 2 aromatic heterocycles. The summed E-state index contributed by atoms with van der Waals surface area (Å²) in [6, 6.07) is 0. The summed E-state index contributed by atoms with van der Waals surface area (Å²) in [5.74, 6) is -0.745. The first-order valence-electron chi connectivity index (χ1n) is 4.75. The van der Waals surface area contributed by atoms with Gasteiger partial charge in [0.15, 0.2) is 11.2 Å². The van der Waals surface area contributed by atoms with Gasteiger partial charge < -0.3 is 10.8 Å². The van der Waals surface area contributed by atoms with E-state index in [1.807, 2.05) is 0 Å². The van der Waals surface area contributed by atoms with Crippen molar-refractivity contribution in [2.45, 2.75) is 6.92 Å². The average Bonchev–Trinajstić information content (AvgIpc) is 2.63. The maximum atomic E-state index is 11.9. The van der Waals surface area contributed by atoms with Crippen LogP contribution in [0.2, 0.25) is 0 Å². The Morgan fingerprint density at radius 2 is 2.00 bits per heavy atom. The molecule has 0 saturated heterocycles. The van der Waals surface area contributed by atoms with Crippen molar-refractivity contribution in [3.8, 4) is 0 Å². The van der Waals surface area contributed by atoms with E-state index in [4.69, 9.17) is 0 Å². The maximum absolute atomic E-state index is 11.9. The van der Waals surface area contributed by atoms with Crippen LogP contribution in [0.15, 0.2) is 15.9 Å². The molecule has 0 radical (unpaired) electrons. The SMILES string of the molecule is CC(=O)On1c(=O)c2c(ncn2C)n(C)c1=O.[H-].[Na+]. The van der Waals surface area contributed by atoms with Gasteiger partial charge in [-0.2, -0.15) is 0 Å². The number of hydrogen-bond donors (Lipinski definition) is 0. The Hall–Kier alpha value is -1.38. The van der Waals surface area contributed by atoms with Gasteiger partial charge in [0.2, 0.25) is 0 Å². The molecule has 0 amide bonds. The van der Waals surface area contributed by atoms with E-state index in [1.165, 1.54) is 17.9 Å². The molecule has 0 aliphatic heterocycles. The molecule has 18 heavy (non-hydrogen) atoms. The molecule has 0 saturated carbocycles. The summed E-state index contributed by atoms with van der Waals surface area (Å²) < 4.78 is 3.02. The van der Waals surface area contributed by atoms with Crippen molar-refractivity contribution in [3.05, 3.63) is 27.2 Å². The number of aromatic nitrogens is 4. The third-order valence-electron chi connectivity index (χ3n) is 2.30. The topological polar surface area (TPSA) is 88.1 Å². The summed E-state index contributed by atoms with van der Waals surface area (Å²) in [6.45, 7) is 1.11. The second-order valence-electron chi connectivity index (χ2n) is 3.55. The van der Waals surface area contributed by atoms with Gasteiger partial charge in [-0.3, -0.25) is 9.36 Å². The van der Waals surface area contributed by atoms with Gasteiger partial charge in [-0.05, 0) is 0 Å². The summed E-state index contributed by atoms with van der Waals surface area (Å²) >= 11 is 0. The predicted molar refractivity (Wildman–Crippen MR) is 58.6 cm³/mol. The standard InChI is InChI=1S/C9H10N4O4.Na.H/c1-5(14)17-13-8(15)6-7(10-4-11(6)2)12(3)9(13)16;;/h4H,1-3H3;;/q;+1;-1. The van der Waals surface area contributed by atoms with Crippen LogP contribution in [0, 0.1) is 0 Å². The molecule has 8 nitrogen and oxygen atoms in total. The van der Waals surface area contributed by atoms with E-state index in [1.54, 1.807) is 7.05 Å². The van der Waals surface area contributed by atoms with Gasteiger partial charge in [0.1, 0.15) is 0 Å². The fraction of sp³-hybridized carbons (Fsp3) is 0.333. The van der Waals surface area contributed by atoms with E-state index in [-0.39, 0.29) is 42.1 Å². The third kappa shape index (κ3) is 2.14. The molecule has 0 fully saturated rings. The van der Waals surface area contributed by atoms with Crippen LogP contribution >= 0.6 is 0 Å². The van der Waals surface area contributed by atoms with Gasteiger partial charge in [-0.1, -0.05) is 4.73 Å². The van der Waals surface area contributed by atoms with Crippen molar-refractivity contribution < 1.29 is 40.6 Å². The van der Waals surface area contributed by atoms with E-state index in [9.17, 15) is 14.4 Å². The van der Waals surface area contributed by atoms with Crippen molar-refractivity contribution in [2.75, 3.05) is 0 Å². The second-order valence-corrected chi connectivity index (χ2v) is 3.55. The van der Waals surface area contributed by atoms with E-state index in [0.29, 0.717) is 4.73 Å². The van der Waals surface area contributed by atoms with Gasteiger partial charge in [0.05, 0.1) is 6.33 Å². The Balaban J connectivity index is 0.00000162. The Morgan fingerprint density at radius 1 is 1.39 bits per heavy atom. The van der Waals surface area contributed by atoms with Crippen molar-refractivity contribution in [1.29, 1.82) is 0 Å². The number of imidazole rings is 1. The van der Waals surface area contributed by atoms with Crippen LogP contribution in [-0.4, -0.2) is 24.8 Å². The minimum atomic E-state index is -0.753. The molecule has 0 atom stereocenters. The molecule has 0 aliphatic rings. The number of aryl methyl sites for hydroxylation is 2. The number of fused-ring (bicyclic) bond motifs is 1. The first-order valence-corrected chi connectivity index (χ1v) is 4.75. The number of carbonyl (C=O) groups excluding carboxylic acids is 1. The third-order valence-corrected chi connectivity index (χ3v) is 2.30. The predicted octanol–water partition coefficient (Wildman–Crippen LogP) is -4.47. The summed E-state index contributed by atoms with van der Waals surface area (Å²) in [5.41, 5.74) is -1.03. The molecule has 0 spiro atoms. The quantitative estimate of drug-likeness (QED) is 0.484. The minimum Gasteiger partial charge on any atom is -1.00 e. The van der Waals surface area contributed by atoms with Gasteiger partial charge in [0.25, 0.3) is 0 Å². The molecule has 9 heteroatoms. The minimum absolute atomic E-state index is 0. The van der Waals surface area contributed by atoms with E-state index in [2.05, 4.69) is 9.82 Å². The average molecular weight is 262 g/mol. The maximum Gasteiger partial charge on any atom is 1.00 e. The van der Waals surface area contributed by atoms with Crippen LogP contribution < -0.4 is 45.6 Å². The number of hydrogen-bond acceptors (Lipinski definition) is 5. The zero-order valence-corrected chi connectivity index (χ0v) is 12.5. The fourth-order valence-corrected chi connectivity index (χ4v) is 1.53. The van der Waals surface area contributed by atoms with Crippen molar-refractivity contribution in [1.82, 2.24) is 18.8 Å². The van der Waals surface area contributed by atoms with Gasteiger partial charge in [0, 0.05) is 21.0 Å². The molecule has 0 N–H and O–H groups in total. The molecule has 2 heterocycles. The number of nitrogens with zero attached hydrogens (tertiary/aromatic N) is 4. The molecule has 0 aromatic carbocycles. The molecule has 2 aromatic rings. The van der Waals surface area contributed by atoms with Crippen LogP contribution in [0.25, 0.3) is 11.2 Å². The van der Waals surface area contributed by atoms with Crippen LogP contribution in [0.5, 0.6) is 0 Å². The summed E-state index contributed by atoms with van der Waals surface area (Å²) in [7, 11) is 3.05. The zero-order valence-electron chi connectivity index (χ0n) is 11.5. The number of carbonyl (C=O) groups is 1. The molecule has 0 bridgehead atoms. The van der Waals surface area contributed by atoms with Crippen molar-refractivity contribution in [2.24, 2.45) is 14.1 Å². The Morgan fingerprint density at radius 3 is 2.56 bits per heavy atom. The first-order chi connectivity index (χ1) is 7.93. The monoisotopic (exact) mass is 262 g/mol. The summed E-state index contributed by atoms with van der Waals surface area (Å²) in [4.78, 5) is 43.0. The molecule has 92 valence electrons. The van der Waals surface area contributed by atoms with E-state index >= 15 is 0 Å². The zero-order chi connectivity index (χ0) is 12.7. The van der Waals surface area contributed by atoms with Crippen LogP contribution in [-0.2, 0) is 18.9 Å². The van der Waals surface area contributed by atoms with Gasteiger partial charge in [-0.15, -0.1) is 0 Å². The molecular formula is C9H11N4NaO4. The van der Waals surface area contributed by atoms with Gasteiger partial charge >= 0.3 is 46.8 Å². The van der Waals surface area contributed by atoms with Crippen LogP contribution in [0.1, 0.15) is 8.35 Å². The number of rotatable bonds is 1. The first kappa shape index (κ1) is 14.7. The molecule has 0 aliphatic carbocycles. The smallest absolute Gasteiger partial charge is 1.00 e. The van der Waals surface area contributed by atoms with E-state index < -0.39 is 17.2 Å². The van der Waals surface area contributed by atoms with Gasteiger partial charge in [-0.25, -0.2) is 14.6 Å². The second kappa shape index (κ2) is 5.09. The largest absolute Gasteiger partial charge is 1.00 e. The normalized spacial score (nSPS) is 10.2. The Labute approximate surface area is 125 Å². The molecular weight excluding hydrogens is 251 g/mol. The van der Waals surface area contributed by atoms with Crippen molar-refractivity contribution >= 4 is 17.1 Å². The Kier molecular flexibility index (Phi) is 4.15. The molecule has 0 unspecified atom stereocenters. The van der Waals surface area contributed by atoms with Crippen LogP contribution in [0.4, 0.5) is 0 Å². The molecule has 2 rings (SSSR count). The summed E-state index contributed by atoms with van der Waals surface area (Å²) in [6.07, 6.45) is 1.41. The summed E-state index contributed by atoms with van der Waals surface area (Å²) in [5, 5.41) is 0. The van der Waals surface area contributed by atoms with Crippen LogP contribution in [0.3, 0.4) is 0 Å².